The summed E-state index contributed by atoms with van der Waals surface area (Å²) in [5.41, 5.74) is 0.896. The zero-order valence-corrected chi connectivity index (χ0v) is 9.05. The fourth-order valence-electron chi connectivity index (χ4n) is 1.29. The van der Waals surface area contributed by atoms with Crippen LogP contribution in [-0.2, 0) is 11.3 Å². The second-order valence-corrected chi connectivity index (χ2v) is 3.71. The average molecular weight is 208 g/mol. The summed E-state index contributed by atoms with van der Waals surface area (Å²) in [4.78, 5) is 16.7. The lowest BCUT2D eigenvalue weighted by molar-refractivity contribution is -0.138. The van der Waals surface area contributed by atoms with Crippen molar-refractivity contribution in [3.8, 4) is 0 Å². The van der Waals surface area contributed by atoms with E-state index in [2.05, 4.69) is 4.98 Å². The van der Waals surface area contributed by atoms with Gasteiger partial charge in [-0.1, -0.05) is 6.07 Å². The molecule has 0 bridgehead atoms. The Labute approximate surface area is 89.6 Å². The Morgan fingerprint density at radius 1 is 1.53 bits per heavy atom. The van der Waals surface area contributed by atoms with Crippen LogP contribution in [0.3, 0.4) is 0 Å². The second kappa shape index (κ2) is 5.46. The number of carboxylic acid groups (broad SMARTS) is 1. The van der Waals surface area contributed by atoms with E-state index in [4.69, 9.17) is 5.11 Å². The molecule has 0 aliphatic heterocycles. The van der Waals surface area contributed by atoms with Gasteiger partial charge in [-0.2, -0.15) is 0 Å². The van der Waals surface area contributed by atoms with E-state index in [1.165, 1.54) is 0 Å². The minimum absolute atomic E-state index is 0.0498. The molecule has 0 spiro atoms. The molecule has 0 aliphatic rings. The Morgan fingerprint density at radius 3 is 2.73 bits per heavy atom. The molecule has 4 heteroatoms. The summed E-state index contributed by atoms with van der Waals surface area (Å²) in [6, 6.07) is 5.85. The van der Waals surface area contributed by atoms with Crippen LogP contribution in [0.2, 0.25) is 0 Å². The van der Waals surface area contributed by atoms with Crippen LogP contribution in [0.4, 0.5) is 0 Å². The summed E-state index contributed by atoms with van der Waals surface area (Å²) in [5, 5.41) is 8.75. The summed E-state index contributed by atoms with van der Waals surface area (Å²) >= 11 is 0. The van der Waals surface area contributed by atoms with E-state index in [-0.39, 0.29) is 12.6 Å². The van der Waals surface area contributed by atoms with Gasteiger partial charge in [0.05, 0.1) is 12.2 Å². The minimum Gasteiger partial charge on any atom is -0.480 e. The maximum atomic E-state index is 10.6. The Morgan fingerprint density at radius 2 is 2.27 bits per heavy atom. The number of carbonyl (C=O) groups is 1. The number of aliphatic carboxylic acids is 1. The predicted octanol–water partition coefficient (Wildman–Crippen LogP) is 1.38. The molecule has 82 valence electrons. The number of rotatable bonds is 5. The first-order valence-corrected chi connectivity index (χ1v) is 4.95. The van der Waals surface area contributed by atoms with Gasteiger partial charge in [-0.15, -0.1) is 0 Å². The van der Waals surface area contributed by atoms with E-state index in [9.17, 15) is 4.79 Å². The molecule has 0 amide bonds. The number of aromatic nitrogens is 1. The topological polar surface area (TPSA) is 53.4 Å². The van der Waals surface area contributed by atoms with Crippen molar-refractivity contribution in [2.45, 2.75) is 26.4 Å². The molecule has 0 unspecified atom stereocenters. The van der Waals surface area contributed by atoms with Crippen molar-refractivity contribution in [2.75, 3.05) is 6.54 Å². The lowest BCUT2D eigenvalue weighted by atomic mass is 10.2. The minimum atomic E-state index is -0.806. The highest BCUT2D eigenvalue weighted by molar-refractivity contribution is 5.69. The summed E-state index contributed by atoms with van der Waals surface area (Å²) < 4.78 is 0. The normalized spacial score (nSPS) is 10.9. The first-order valence-electron chi connectivity index (χ1n) is 4.95. The van der Waals surface area contributed by atoms with Crippen LogP contribution in [0.1, 0.15) is 19.5 Å². The van der Waals surface area contributed by atoms with E-state index in [0.29, 0.717) is 6.54 Å². The summed E-state index contributed by atoms with van der Waals surface area (Å²) in [6.07, 6.45) is 1.72. The number of hydrogen-bond donors (Lipinski definition) is 1. The Balaban J connectivity index is 2.63. The molecule has 1 aromatic heterocycles. The van der Waals surface area contributed by atoms with Crippen molar-refractivity contribution >= 4 is 5.97 Å². The molecule has 0 aromatic carbocycles. The lowest BCUT2D eigenvalue weighted by Crippen LogP contribution is -2.35. The van der Waals surface area contributed by atoms with Crippen molar-refractivity contribution in [3.05, 3.63) is 30.1 Å². The van der Waals surface area contributed by atoms with Gasteiger partial charge in [-0.3, -0.25) is 14.7 Å². The van der Waals surface area contributed by atoms with Gasteiger partial charge in [0.15, 0.2) is 0 Å². The lowest BCUT2D eigenvalue weighted by Gasteiger charge is -2.23. The molecule has 0 saturated carbocycles. The van der Waals surface area contributed by atoms with Gasteiger partial charge in [0.1, 0.15) is 0 Å². The highest BCUT2D eigenvalue weighted by Crippen LogP contribution is 2.05. The fourth-order valence-corrected chi connectivity index (χ4v) is 1.29. The first-order chi connectivity index (χ1) is 7.09. The van der Waals surface area contributed by atoms with Gasteiger partial charge >= 0.3 is 5.97 Å². The standard InChI is InChI=1S/C11H16N2O2/c1-9(2)13(8-11(14)15)7-10-5-3-4-6-12-10/h3-6,9H,7-8H2,1-2H3,(H,14,15). The summed E-state index contributed by atoms with van der Waals surface area (Å²) in [7, 11) is 0. The molecule has 1 rings (SSSR count). The van der Waals surface area contributed by atoms with E-state index in [0.717, 1.165) is 5.69 Å². The van der Waals surface area contributed by atoms with Gasteiger partial charge < -0.3 is 5.11 Å². The molecule has 0 fully saturated rings. The maximum Gasteiger partial charge on any atom is 0.317 e. The largest absolute Gasteiger partial charge is 0.480 e. The van der Waals surface area contributed by atoms with E-state index in [1.54, 1.807) is 6.20 Å². The van der Waals surface area contributed by atoms with Gasteiger partial charge in [0, 0.05) is 18.8 Å². The first kappa shape index (κ1) is 11.7. The molecule has 0 saturated heterocycles. The van der Waals surface area contributed by atoms with Gasteiger partial charge in [-0.05, 0) is 26.0 Å². The van der Waals surface area contributed by atoms with Crippen molar-refractivity contribution < 1.29 is 9.90 Å². The number of pyridine rings is 1. The molecule has 1 aromatic rings. The second-order valence-electron chi connectivity index (χ2n) is 3.71. The molecule has 0 aliphatic carbocycles. The smallest absolute Gasteiger partial charge is 0.317 e. The quantitative estimate of drug-likeness (QED) is 0.794. The van der Waals surface area contributed by atoms with Crippen LogP contribution in [0.5, 0.6) is 0 Å². The van der Waals surface area contributed by atoms with E-state index >= 15 is 0 Å². The van der Waals surface area contributed by atoms with Crippen molar-refractivity contribution in [3.63, 3.8) is 0 Å². The highest BCUT2D eigenvalue weighted by Gasteiger charge is 2.13. The molecule has 1 N–H and O–H groups in total. The highest BCUT2D eigenvalue weighted by atomic mass is 16.4. The Hall–Kier alpha value is -1.42. The Bertz CT molecular complexity index is 312. The number of hydrogen-bond acceptors (Lipinski definition) is 3. The van der Waals surface area contributed by atoms with Crippen LogP contribution in [0, 0.1) is 0 Å². The molecule has 4 nitrogen and oxygen atoms in total. The van der Waals surface area contributed by atoms with Gasteiger partial charge in [0.25, 0.3) is 0 Å². The third kappa shape index (κ3) is 4.08. The maximum absolute atomic E-state index is 10.6. The van der Waals surface area contributed by atoms with Crippen molar-refractivity contribution in [1.82, 2.24) is 9.88 Å². The van der Waals surface area contributed by atoms with Crippen LogP contribution < -0.4 is 0 Å². The van der Waals surface area contributed by atoms with Gasteiger partial charge in [-0.25, -0.2) is 0 Å². The van der Waals surface area contributed by atoms with Crippen molar-refractivity contribution in [2.24, 2.45) is 0 Å². The molecule has 15 heavy (non-hydrogen) atoms. The predicted molar refractivity (Wildman–Crippen MR) is 57.4 cm³/mol. The third-order valence-electron chi connectivity index (χ3n) is 2.16. The van der Waals surface area contributed by atoms with Gasteiger partial charge in [0.2, 0.25) is 0 Å². The van der Waals surface area contributed by atoms with Crippen LogP contribution in [-0.4, -0.2) is 33.5 Å². The van der Waals surface area contributed by atoms with E-state index < -0.39 is 5.97 Å². The van der Waals surface area contributed by atoms with Crippen LogP contribution in [0.15, 0.2) is 24.4 Å². The molecule has 0 atom stereocenters. The summed E-state index contributed by atoms with van der Waals surface area (Å²) in [6.45, 7) is 4.58. The molecule has 0 radical (unpaired) electrons. The third-order valence-corrected chi connectivity index (χ3v) is 2.16. The fraction of sp³-hybridized carbons (Fsp3) is 0.455. The zero-order valence-electron chi connectivity index (χ0n) is 9.05. The monoisotopic (exact) mass is 208 g/mol. The number of nitrogens with zero attached hydrogens (tertiary/aromatic N) is 2. The molecular formula is C11H16N2O2. The average Bonchev–Trinajstić information content (AvgIpc) is 2.17. The van der Waals surface area contributed by atoms with E-state index in [1.807, 2.05) is 36.9 Å². The Kier molecular flexibility index (Phi) is 4.24. The summed E-state index contributed by atoms with van der Waals surface area (Å²) in [5.74, 6) is -0.806. The number of carboxylic acids is 1. The molecular weight excluding hydrogens is 192 g/mol. The van der Waals surface area contributed by atoms with Crippen molar-refractivity contribution in [1.29, 1.82) is 0 Å². The zero-order chi connectivity index (χ0) is 11.3. The SMILES string of the molecule is CC(C)N(CC(=O)O)Cc1ccccn1. The van der Waals surface area contributed by atoms with Crippen LogP contribution >= 0.6 is 0 Å². The molecule has 1 heterocycles. The van der Waals surface area contributed by atoms with Crippen LogP contribution in [0.25, 0.3) is 0 Å².